The molecule has 1 aromatic carbocycles. The molecule has 0 aliphatic rings. The van der Waals surface area contributed by atoms with E-state index in [0.717, 1.165) is 5.56 Å². The van der Waals surface area contributed by atoms with Crippen LogP contribution in [0.25, 0.3) is 6.08 Å². The second-order valence-electron chi connectivity index (χ2n) is 2.83. The maximum Gasteiger partial charge on any atom is 0.308 e. The van der Waals surface area contributed by atoms with Crippen LogP contribution in [0.4, 0.5) is 0 Å². The van der Waals surface area contributed by atoms with Gasteiger partial charge >= 0.3 is 5.97 Å². The highest BCUT2D eigenvalue weighted by Gasteiger charge is 1.94. The molecule has 0 amide bonds. The second kappa shape index (κ2) is 6.04. The van der Waals surface area contributed by atoms with Crippen molar-refractivity contribution in [2.24, 2.45) is 0 Å². The van der Waals surface area contributed by atoms with Gasteiger partial charge in [0.15, 0.2) is 5.22 Å². The van der Waals surface area contributed by atoms with Gasteiger partial charge in [-0.3, -0.25) is 4.79 Å². The molecule has 0 heterocycles. The molecule has 0 radical (unpaired) electrons. The lowest BCUT2D eigenvalue weighted by Crippen LogP contribution is -1.93. The summed E-state index contributed by atoms with van der Waals surface area (Å²) in [6.07, 6.45) is 5.11. The Bertz CT molecular complexity index is 380. The Labute approximate surface area is 93.8 Å². The van der Waals surface area contributed by atoms with Gasteiger partial charge in [0.1, 0.15) is 0 Å². The van der Waals surface area contributed by atoms with Crippen molar-refractivity contribution in [2.75, 3.05) is 0 Å². The molecule has 0 saturated heterocycles. The fourth-order valence-electron chi connectivity index (χ4n) is 0.970. The summed E-state index contributed by atoms with van der Waals surface area (Å²) in [7, 11) is 0. The number of allylic oxidation sites excluding steroid dienone is 2. The minimum Gasteiger partial charge on any atom is -0.414 e. The van der Waals surface area contributed by atoms with E-state index in [9.17, 15) is 4.79 Å². The van der Waals surface area contributed by atoms with Crippen LogP contribution in [0.2, 0.25) is 0 Å². The molecule has 0 aliphatic carbocycles. The largest absolute Gasteiger partial charge is 0.414 e. The van der Waals surface area contributed by atoms with Crippen molar-refractivity contribution in [3.05, 3.63) is 53.3 Å². The lowest BCUT2D eigenvalue weighted by Gasteiger charge is -1.95. The number of rotatable bonds is 3. The van der Waals surface area contributed by atoms with E-state index in [0.29, 0.717) is 0 Å². The lowest BCUT2D eigenvalue weighted by molar-refractivity contribution is -0.135. The van der Waals surface area contributed by atoms with Crippen molar-refractivity contribution in [2.45, 2.75) is 6.92 Å². The topological polar surface area (TPSA) is 26.3 Å². The molecule has 2 nitrogen and oxygen atoms in total. The first kappa shape index (κ1) is 11.5. The molecule has 1 rings (SSSR count). The molecule has 0 bridgehead atoms. The SMILES string of the molecule is CC(=O)O/C(Cl)=C/C=C/c1ccccc1. The predicted molar refractivity (Wildman–Crippen MR) is 61.2 cm³/mol. The number of halogens is 1. The zero-order valence-electron chi connectivity index (χ0n) is 8.31. The molecule has 0 N–H and O–H groups in total. The summed E-state index contributed by atoms with van der Waals surface area (Å²) in [6, 6.07) is 9.75. The highest BCUT2D eigenvalue weighted by Crippen LogP contribution is 2.06. The molecule has 1 aromatic rings. The van der Waals surface area contributed by atoms with E-state index < -0.39 is 5.97 Å². The summed E-state index contributed by atoms with van der Waals surface area (Å²) in [6.45, 7) is 1.30. The van der Waals surface area contributed by atoms with Gasteiger partial charge in [-0.2, -0.15) is 0 Å². The third kappa shape index (κ3) is 5.03. The third-order valence-electron chi connectivity index (χ3n) is 1.56. The van der Waals surface area contributed by atoms with Gasteiger partial charge in [0.2, 0.25) is 0 Å². The Morgan fingerprint density at radius 1 is 1.33 bits per heavy atom. The smallest absolute Gasteiger partial charge is 0.308 e. The van der Waals surface area contributed by atoms with E-state index >= 15 is 0 Å². The van der Waals surface area contributed by atoms with Crippen molar-refractivity contribution in [3.63, 3.8) is 0 Å². The van der Waals surface area contributed by atoms with E-state index in [4.69, 9.17) is 11.6 Å². The van der Waals surface area contributed by atoms with E-state index in [1.54, 1.807) is 6.08 Å². The normalized spacial score (nSPS) is 11.7. The summed E-state index contributed by atoms with van der Waals surface area (Å²) < 4.78 is 4.62. The maximum absolute atomic E-state index is 10.5. The van der Waals surface area contributed by atoms with Crippen molar-refractivity contribution in [3.8, 4) is 0 Å². The number of benzene rings is 1. The van der Waals surface area contributed by atoms with Gasteiger partial charge < -0.3 is 4.74 Å². The van der Waals surface area contributed by atoms with Crippen molar-refractivity contribution in [1.82, 2.24) is 0 Å². The van der Waals surface area contributed by atoms with Crippen LogP contribution in [0, 0.1) is 0 Å². The number of hydrogen-bond donors (Lipinski definition) is 0. The van der Waals surface area contributed by atoms with Gasteiger partial charge in [0.05, 0.1) is 0 Å². The monoisotopic (exact) mass is 222 g/mol. The van der Waals surface area contributed by atoms with Gasteiger partial charge in [0.25, 0.3) is 0 Å². The quantitative estimate of drug-likeness (QED) is 0.445. The summed E-state index contributed by atoms with van der Waals surface area (Å²) in [5, 5.41) is 0.0645. The highest BCUT2D eigenvalue weighted by molar-refractivity contribution is 6.29. The molecule has 0 aliphatic heterocycles. The Balaban J connectivity index is 2.56. The molecule has 0 spiro atoms. The molecule has 78 valence electrons. The molecule has 0 saturated carbocycles. The maximum atomic E-state index is 10.5. The van der Waals surface area contributed by atoms with E-state index in [-0.39, 0.29) is 5.22 Å². The van der Waals surface area contributed by atoms with Crippen LogP contribution in [0.15, 0.2) is 47.7 Å². The number of hydrogen-bond acceptors (Lipinski definition) is 2. The zero-order chi connectivity index (χ0) is 11.1. The fourth-order valence-corrected chi connectivity index (χ4v) is 1.15. The van der Waals surface area contributed by atoms with E-state index in [1.165, 1.54) is 13.0 Å². The van der Waals surface area contributed by atoms with Gasteiger partial charge in [0, 0.05) is 6.92 Å². The van der Waals surface area contributed by atoms with Crippen LogP contribution in [0.1, 0.15) is 12.5 Å². The predicted octanol–water partition coefficient (Wildman–Crippen LogP) is 3.34. The van der Waals surface area contributed by atoms with Crippen LogP contribution in [0.5, 0.6) is 0 Å². The Kier molecular flexibility index (Phi) is 4.64. The summed E-state index contributed by atoms with van der Waals surface area (Å²) in [5.74, 6) is -0.427. The van der Waals surface area contributed by atoms with Crippen molar-refractivity contribution in [1.29, 1.82) is 0 Å². The summed E-state index contributed by atoms with van der Waals surface area (Å²) >= 11 is 5.61. The average Bonchev–Trinajstić information content (AvgIpc) is 2.18. The zero-order valence-corrected chi connectivity index (χ0v) is 9.07. The Morgan fingerprint density at radius 3 is 2.60 bits per heavy atom. The molecule has 0 fully saturated rings. The Hall–Kier alpha value is -1.54. The number of carbonyl (C=O) groups excluding carboxylic acids is 1. The molecule has 15 heavy (non-hydrogen) atoms. The fraction of sp³-hybridized carbons (Fsp3) is 0.0833. The summed E-state index contributed by atoms with van der Waals surface area (Å²) in [5.41, 5.74) is 1.06. The second-order valence-corrected chi connectivity index (χ2v) is 3.21. The number of ether oxygens (including phenoxy) is 1. The third-order valence-corrected chi connectivity index (χ3v) is 1.76. The van der Waals surface area contributed by atoms with Crippen molar-refractivity contribution >= 4 is 23.6 Å². The van der Waals surface area contributed by atoms with E-state index in [2.05, 4.69) is 4.74 Å². The van der Waals surface area contributed by atoms with Crippen molar-refractivity contribution < 1.29 is 9.53 Å². The van der Waals surface area contributed by atoms with E-state index in [1.807, 2.05) is 36.4 Å². The van der Waals surface area contributed by atoms with Crippen LogP contribution < -0.4 is 0 Å². The first-order chi connectivity index (χ1) is 7.18. The Morgan fingerprint density at radius 2 is 2.00 bits per heavy atom. The number of esters is 1. The summed E-state index contributed by atoms with van der Waals surface area (Å²) in [4.78, 5) is 10.5. The molecule has 0 unspecified atom stereocenters. The van der Waals surface area contributed by atoms with Gasteiger partial charge in [-0.15, -0.1) is 0 Å². The van der Waals surface area contributed by atoms with Gasteiger partial charge in [-0.25, -0.2) is 0 Å². The lowest BCUT2D eigenvalue weighted by atomic mass is 10.2. The minimum absolute atomic E-state index is 0.0645. The van der Waals surface area contributed by atoms with Crippen LogP contribution in [0.3, 0.4) is 0 Å². The first-order valence-corrected chi connectivity index (χ1v) is 4.83. The highest BCUT2D eigenvalue weighted by atomic mass is 35.5. The van der Waals surface area contributed by atoms with Gasteiger partial charge in [-0.1, -0.05) is 42.5 Å². The molecule has 0 aromatic heterocycles. The van der Waals surface area contributed by atoms with Crippen LogP contribution in [-0.2, 0) is 9.53 Å². The average molecular weight is 223 g/mol. The molecular formula is C12H11ClO2. The molecule has 3 heteroatoms. The minimum atomic E-state index is -0.427. The van der Waals surface area contributed by atoms with Gasteiger partial charge in [-0.05, 0) is 23.2 Å². The molecular weight excluding hydrogens is 212 g/mol. The van der Waals surface area contributed by atoms with Crippen LogP contribution >= 0.6 is 11.6 Å². The molecule has 0 atom stereocenters. The van der Waals surface area contributed by atoms with Crippen LogP contribution in [-0.4, -0.2) is 5.97 Å². The number of carbonyl (C=O) groups is 1. The first-order valence-electron chi connectivity index (χ1n) is 4.46. The standard InChI is InChI=1S/C12H11ClO2/c1-10(14)15-12(13)9-5-8-11-6-3-2-4-7-11/h2-9H,1H3/b8-5+,12-9+.